The van der Waals surface area contributed by atoms with Crippen molar-refractivity contribution in [1.29, 1.82) is 0 Å². The Hall–Kier alpha value is -3.70. The molecule has 4 aromatic rings. The second kappa shape index (κ2) is 8.81. The van der Waals surface area contributed by atoms with Crippen molar-refractivity contribution in [3.8, 4) is 11.1 Å². The Morgan fingerprint density at radius 1 is 0.688 bits per heavy atom. The number of amides is 1. The van der Waals surface area contributed by atoms with Crippen LogP contribution in [0.2, 0.25) is 0 Å². The number of carbonyl (C=O) groups is 1. The summed E-state index contributed by atoms with van der Waals surface area (Å²) in [6.45, 7) is 3.67. The highest BCUT2D eigenvalue weighted by molar-refractivity contribution is 7.93. The number of rotatable bonds is 5. The number of hydrogen-bond acceptors (Lipinski definition) is 3. The topological polar surface area (TPSA) is 54.5 Å². The number of benzene rings is 4. The van der Waals surface area contributed by atoms with E-state index in [0.717, 1.165) is 21.0 Å². The van der Waals surface area contributed by atoms with Gasteiger partial charge in [0.15, 0.2) is 0 Å². The maximum Gasteiger partial charge on any atom is 0.272 e. The summed E-state index contributed by atoms with van der Waals surface area (Å²) in [5.74, 6) is -0.595. The minimum Gasteiger partial charge on any atom is -0.268 e. The van der Waals surface area contributed by atoms with Crippen LogP contribution in [-0.2, 0) is 10.0 Å². The Labute approximate surface area is 188 Å². The Bertz CT molecular complexity index is 1350. The minimum atomic E-state index is -4.12. The fourth-order valence-electron chi connectivity index (χ4n) is 3.54. The summed E-state index contributed by atoms with van der Waals surface area (Å²) in [6, 6.07) is 30.3. The van der Waals surface area contributed by atoms with Crippen LogP contribution in [0.25, 0.3) is 11.1 Å². The lowest BCUT2D eigenvalue weighted by molar-refractivity contribution is 0.100. The molecule has 0 aliphatic rings. The normalized spacial score (nSPS) is 11.2. The van der Waals surface area contributed by atoms with Gasteiger partial charge in [-0.3, -0.25) is 4.79 Å². The molecule has 0 heterocycles. The van der Waals surface area contributed by atoms with Crippen LogP contribution in [0, 0.1) is 13.8 Å². The van der Waals surface area contributed by atoms with Crippen molar-refractivity contribution in [2.45, 2.75) is 18.7 Å². The number of carbonyl (C=O) groups excluding carboxylic acids is 1. The molecule has 4 aromatic carbocycles. The molecule has 5 heteroatoms. The van der Waals surface area contributed by atoms with Gasteiger partial charge in [0.25, 0.3) is 15.9 Å². The smallest absolute Gasteiger partial charge is 0.268 e. The summed E-state index contributed by atoms with van der Waals surface area (Å²) < 4.78 is 28.1. The van der Waals surface area contributed by atoms with E-state index in [9.17, 15) is 13.2 Å². The summed E-state index contributed by atoms with van der Waals surface area (Å²) in [4.78, 5) is 13.7. The van der Waals surface area contributed by atoms with Crippen LogP contribution < -0.4 is 4.31 Å². The molecule has 0 N–H and O–H groups in total. The summed E-state index contributed by atoms with van der Waals surface area (Å²) in [5.41, 5.74) is 4.19. The van der Waals surface area contributed by atoms with E-state index in [0.29, 0.717) is 16.8 Å². The molecular formula is C27H23NO3S. The van der Waals surface area contributed by atoms with Crippen molar-refractivity contribution in [2.24, 2.45) is 0 Å². The molecule has 0 bridgehead atoms. The molecule has 0 unspecified atom stereocenters. The monoisotopic (exact) mass is 441 g/mol. The van der Waals surface area contributed by atoms with Crippen molar-refractivity contribution in [2.75, 3.05) is 4.31 Å². The van der Waals surface area contributed by atoms with Gasteiger partial charge in [0.2, 0.25) is 0 Å². The molecule has 4 nitrogen and oxygen atoms in total. The molecule has 32 heavy (non-hydrogen) atoms. The van der Waals surface area contributed by atoms with Gasteiger partial charge in [0.1, 0.15) is 0 Å². The molecule has 0 saturated carbocycles. The number of nitrogens with zero attached hydrogens (tertiary/aromatic N) is 1. The van der Waals surface area contributed by atoms with Crippen LogP contribution in [0.5, 0.6) is 0 Å². The molecule has 0 atom stereocenters. The van der Waals surface area contributed by atoms with E-state index in [1.807, 2.05) is 61.5 Å². The molecule has 160 valence electrons. The predicted molar refractivity (Wildman–Crippen MR) is 128 cm³/mol. The van der Waals surface area contributed by atoms with Gasteiger partial charge >= 0.3 is 0 Å². The molecule has 4 rings (SSSR count). The van der Waals surface area contributed by atoms with Crippen molar-refractivity contribution in [3.05, 3.63) is 120 Å². The summed E-state index contributed by atoms with van der Waals surface area (Å²) in [6.07, 6.45) is 0. The highest BCUT2D eigenvalue weighted by atomic mass is 32.2. The lowest BCUT2D eigenvalue weighted by atomic mass is 10.0. The maximum atomic E-state index is 13.6. The third-order valence-corrected chi connectivity index (χ3v) is 7.00. The average Bonchev–Trinajstić information content (AvgIpc) is 2.82. The number of sulfonamides is 1. The second-order valence-electron chi connectivity index (χ2n) is 7.62. The zero-order chi connectivity index (χ0) is 22.7. The Morgan fingerprint density at radius 2 is 1.25 bits per heavy atom. The number of anilines is 1. The Morgan fingerprint density at radius 3 is 1.88 bits per heavy atom. The fraction of sp³-hybridized carbons (Fsp3) is 0.0741. The molecular weight excluding hydrogens is 418 g/mol. The second-order valence-corrected chi connectivity index (χ2v) is 9.41. The van der Waals surface area contributed by atoms with Gasteiger partial charge in [0, 0.05) is 5.56 Å². The van der Waals surface area contributed by atoms with Crippen LogP contribution in [-0.4, -0.2) is 14.3 Å². The van der Waals surface area contributed by atoms with Gasteiger partial charge in [-0.25, -0.2) is 8.42 Å². The summed E-state index contributed by atoms with van der Waals surface area (Å²) in [5, 5.41) is 0. The molecule has 0 aliphatic heterocycles. The van der Waals surface area contributed by atoms with E-state index in [1.54, 1.807) is 43.3 Å². The third kappa shape index (κ3) is 4.20. The maximum absolute atomic E-state index is 13.6. The van der Waals surface area contributed by atoms with Crippen LogP contribution in [0.1, 0.15) is 21.5 Å². The number of aryl methyl sites for hydroxylation is 2. The predicted octanol–water partition coefficient (Wildman–Crippen LogP) is 6.01. The quantitative estimate of drug-likeness (QED) is 0.381. The van der Waals surface area contributed by atoms with E-state index in [1.165, 1.54) is 12.1 Å². The molecule has 0 aromatic heterocycles. The van der Waals surface area contributed by atoms with Crippen molar-refractivity contribution in [3.63, 3.8) is 0 Å². The van der Waals surface area contributed by atoms with E-state index >= 15 is 0 Å². The third-order valence-electron chi connectivity index (χ3n) is 5.29. The average molecular weight is 442 g/mol. The first-order valence-corrected chi connectivity index (χ1v) is 11.7. The highest BCUT2D eigenvalue weighted by Gasteiger charge is 2.32. The van der Waals surface area contributed by atoms with Crippen LogP contribution >= 0.6 is 0 Å². The van der Waals surface area contributed by atoms with Gasteiger partial charge in [-0.2, -0.15) is 4.31 Å². The van der Waals surface area contributed by atoms with Gasteiger partial charge in [-0.1, -0.05) is 72.8 Å². The van der Waals surface area contributed by atoms with Gasteiger partial charge in [0.05, 0.1) is 10.6 Å². The van der Waals surface area contributed by atoms with Crippen LogP contribution in [0.15, 0.2) is 108 Å². The first-order valence-electron chi connectivity index (χ1n) is 10.3. The van der Waals surface area contributed by atoms with Crippen molar-refractivity contribution in [1.82, 2.24) is 0 Å². The molecule has 1 amide bonds. The Balaban J connectivity index is 1.81. The fourth-order valence-corrected chi connectivity index (χ4v) is 5.03. The minimum absolute atomic E-state index is 0.0650. The number of hydrogen-bond donors (Lipinski definition) is 0. The van der Waals surface area contributed by atoms with Crippen LogP contribution in [0.4, 0.5) is 5.69 Å². The lowest BCUT2D eigenvalue weighted by Gasteiger charge is -2.25. The largest absolute Gasteiger partial charge is 0.272 e. The molecule has 0 fully saturated rings. The summed E-state index contributed by atoms with van der Waals surface area (Å²) >= 11 is 0. The first kappa shape index (κ1) is 21.5. The van der Waals surface area contributed by atoms with Crippen LogP contribution in [0.3, 0.4) is 0 Å². The lowest BCUT2D eigenvalue weighted by Crippen LogP contribution is -2.37. The zero-order valence-electron chi connectivity index (χ0n) is 17.9. The molecule has 0 aliphatic carbocycles. The van der Waals surface area contributed by atoms with Gasteiger partial charge in [-0.05, 0) is 66.4 Å². The highest BCUT2D eigenvalue weighted by Crippen LogP contribution is 2.30. The van der Waals surface area contributed by atoms with Crippen molar-refractivity contribution < 1.29 is 13.2 Å². The summed E-state index contributed by atoms with van der Waals surface area (Å²) in [7, 11) is -4.12. The Kier molecular flexibility index (Phi) is 5.93. The van der Waals surface area contributed by atoms with E-state index in [2.05, 4.69) is 0 Å². The molecule has 0 radical (unpaired) electrons. The molecule has 0 spiro atoms. The zero-order valence-corrected chi connectivity index (χ0v) is 18.7. The van der Waals surface area contributed by atoms with E-state index < -0.39 is 15.9 Å². The van der Waals surface area contributed by atoms with Crippen molar-refractivity contribution >= 4 is 21.6 Å². The van der Waals surface area contributed by atoms with Gasteiger partial charge in [-0.15, -0.1) is 0 Å². The van der Waals surface area contributed by atoms with Gasteiger partial charge < -0.3 is 0 Å². The first-order chi connectivity index (χ1) is 15.4. The SMILES string of the molecule is Cc1ccc(C)c(N(C(=O)c2ccc(-c3ccccc3)cc2)S(=O)(=O)c2ccccc2)c1. The molecule has 0 saturated heterocycles. The standard InChI is InChI=1S/C27H23NO3S/c1-20-13-14-21(2)26(19-20)28(32(30,31)25-11-7-4-8-12-25)27(29)24-17-15-23(16-18-24)22-9-5-3-6-10-22/h3-19H,1-2H3. The van der Waals surface area contributed by atoms with E-state index in [-0.39, 0.29) is 4.90 Å². The van der Waals surface area contributed by atoms with E-state index in [4.69, 9.17) is 0 Å².